The molecule has 1 heterocycles. The van der Waals surface area contributed by atoms with Crippen LogP contribution in [0.4, 0.5) is 4.39 Å². The molecule has 1 fully saturated rings. The third-order valence-corrected chi connectivity index (χ3v) is 5.91. The van der Waals surface area contributed by atoms with Gasteiger partial charge in [0.05, 0.1) is 10.8 Å². The molecule has 0 unspecified atom stereocenters. The Morgan fingerprint density at radius 3 is 2.74 bits per heavy atom. The minimum Gasteiger partial charge on any atom is -0.338 e. The van der Waals surface area contributed by atoms with Gasteiger partial charge in [-0.3, -0.25) is 4.79 Å². The second-order valence-electron chi connectivity index (χ2n) is 6.18. The number of carbonyl (C=O) groups excluding carboxylic acids is 1. The summed E-state index contributed by atoms with van der Waals surface area (Å²) in [7, 11) is -3.31. The summed E-state index contributed by atoms with van der Waals surface area (Å²) in [5.41, 5.74) is 0.0657. The van der Waals surface area contributed by atoms with Crippen molar-refractivity contribution in [1.29, 1.82) is 0 Å². The summed E-state index contributed by atoms with van der Waals surface area (Å²) in [6, 6.07) is 5.93. The van der Waals surface area contributed by atoms with Gasteiger partial charge in [0.2, 0.25) is 10.0 Å². The molecule has 1 amide bonds. The van der Waals surface area contributed by atoms with Crippen LogP contribution in [0.25, 0.3) is 0 Å². The summed E-state index contributed by atoms with van der Waals surface area (Å²) in [5, 5.41) is -0.484. The van der Waals surface area contributed by atoms with Crippen LogP contribution in [0.3, 0.4) is 0 Å². The molecule has 1 saturated heterocycles. The Labute approximate surface area is 136 Å². The molecule has 0 aromatic heterocycles. The monoisotopic (exact) mass is 342 g/mol. The van der Waals surface area contributed by atoms with Gasteiger partial charge in [-0.2, -0.15) is 0 Å². The SMILES string of the molecule is CC(C)S(=O)(=O)NC[C@@H]1CCCN(C(=O)c2ccccc2F)C1. The Morgan fingerprint density at radius 1 is 1.39 bits per heavy atom. The number of benzene rings is 1. The van der Waals surface area contributed by atoms with Crippen molar-refractivity contribution in [2.75, 3.05) is 19.6 Å². The van der Waals surface area contributed by atoms with Crippen molar-refractivity contribution >= 4 is 15.9 Å². The second-order valence-corrected chi connectivity index (χ2v) is 8.50. The van der Waals surface area contributed by atoms with Crippen molar-refractivity contribution in [2.45, 2.75) is 31.9 Å². The third kappa shape index (κ3) is 4.51. The number of nitrogens with zero attached hydrogens (tertiary/aromatic N) is 1. The van der Waals surface area contributed by atoms with E-state index >= 15 is 0 Å². The molecule has 1 aliphatic rings. The van der Waals surface area contributed by atoms with E-state index in [1.807, 2.05) is 0 Å². The van der Waals surface area contributed by atoms with Crippen LogP contribution in [0.2, 0.25) is 0 Å². The quantitative estimate of drug-likeness (QED) is 0.890. The number of nitrogens with one attached hydrogen (secondary N) is 1. The lowest BCUT2D eigenvalue weighted by Crippen LogP contribution is -2.44. The van der Waals surface area contributed by atoms with Gasteiger partial charge in [-0.25, -0.2) is 17.5 Å². The first-order valence-corrected chi connectivity index (χ1v) is 9.38. The highest BCUT2D eigenvalue weighted by molar-refractivity contribution is 7.90. The highest BCUT2D eigenvalue weighted by Gasteiger charge is 2.27. The third-order valence-electron chi connectivity index (χ3n) is 4.10. The maximum Gasteiger partial charge on any atom is 0.256 e. The number of amides is 1. The maximum atomic E-state index is 13.7. The van der Waals surface area contributed by atoms with Crippen LogP contribution >= 0.6 is 0 Å². The lowest BCUT2D eigenvalue weighted by Gasteiger charge is -2.33. The van der Waals surface area contributed by atoms with Gasteiger partial charge in [0.25, 0.3) is 5.91 Å². The highest BCUT2D eigenvalue weighted by atomic mass is 32.2. The standard InChI is InChI=1S/C16H23FN2O3S/c1-12(2)23(21,22)18-10-13-6-5-9-19(11-13)16(20)14-7-3-4-8-15(14)17/h3-4,7-8,12-13,18H,5-6,9-11H2,1-2H3/t13-/m0/s1. The summed E-state index contributed by atoms with van der Waals surface area (Å²) in [6.07, 6.45) is 1.63. The van der Waals surface area contributed by atoms with E-state index in [9.17, 15) is 17.6 Å². The van der Waals surface area contributed by atoms with Gasteiger partial charge in [0.15, 0.2) is 0 Å². The number of likely N-dealkylation sites (tertiary alicyclic amines) is 1. The Balaban J connectivity index is 1.98. The number of hydrogen-bond donors (Lipinski definition) is 1. The minimum atomic E-state index is -3.31. The summed E-state index contributed by atoms with van der Waals surface area (Å²) in [6.45, 7) is 4.56. The number of hydrogen-bond acceptors (Lipinski definition) is 3. The van der Waals surface area contributed by atoms with Crippen LogP contribution in [0, 0.1) is 11.7 Å². The summed E-state index contributed by atoms with van der Waals surface area (Å²) < 4.78 is 40.0. The molecule has 1 atom stereocenters. The fourth-order valence-corrected chi connectivity index (χ4v) is 3.42. The van der Waals surface area contributed by atoms with Gasteiger partial charge in [0.1, 0.15) is 5.82 Å². The molecule has 1 N–H and O–H groups in total. The largest absolute Gasteiger partial charge is 0.338 e. The molecular formula is C16H23FN2O3S. The molecule has 7 heteroatoms. The molecule has 128 valence electrons. The van der Waals surface area contributed by atoms with Crippen LogP contribution < -0.4 is 4.72 Å². The topological polar surface area (TPSA) is 66.5 Å². The molecular weight excluding hydrogens is 319 g/mol. The Bertz CT molecular complexity index is 661. The molecule has 1 aromatic carbocycles. The fourth-order valence-electron chi connectivity index (χ4n) is 2.62. The van der Waals surface area contributed by atoms with Crippen molar-refractivity contribution < 1.29 is 17.6 Å². The van der Waals surface area contributed by atoms with Crippen molar-refractivity contribution in [3.05, 3.63) is 35.6 Å². The van der Waals surface area contributed by atoms with Gasteiger partial charge in [-0.15, -0.1) is 0 Å². The minimum absolute atomic E-state index is 0.0491. The van der Waals surface area contributed by atoms with Crippen LogP contribution in [-0.2, 0) is 10.0 Å². The van der Waals surface area contributed by atoms with E-state index in [-0.39, 0.29) is 17.4 Å². The number of sulfonamides is 1. The normalized spacial score (nSPS) is 19.1. The van der Waals surface area contributed by atoms with Crippen molar-refractivity contribution in [3.8, 4) is 0 Å². The summed E-state index contributed by atoms with van der Waals surface area (Å²) in [4.78, 5) is 14.0. The Morgan fingerprint density at radius 2 is 2.09 bits per heavy atom. The smallest absolute Gasteiger partial charge is 0.256 e. The molecule has 0 bridgehead atoms. The molecule has 0 aliphatic carbocycles. The molecule has 5 nitrogen and oxygen atoms in total. The average molecular weight is 342 g/mol. The molecule has 0 spiro atoms. The van der Waals surface area contributed by atoms with E-state index in [1.54, 1.807) is 30.9 Å². The van der Waals surface area contributed by atoms with Crippen LogP contribution in [0.1, 0.15) is 37.0 Å². The predicted octanol–water partition coefficient (Wildman–Crippen LogP) is 2.01. The van der Waals surface area contributed by atoms with Gasteiger partial charge in [0, 0.05) is 19.6 Å². The molecule has 2 rings (SSSR count). The van der Waals surface area contributed by atoms with Crippen LogP contribution in [0.15, 0.2) is 24.3 Å². The zero-order valence-corrected chi connectivity index (χ0v) is 14.3. The van der Waals surface area contributed by atoms with Crippen molar-refractivity contribution in [3.63, 3.8) is 0 Å². The predicted molar refractivity (Wildman–Crippen MR) is 87.1 cm³/mol. The molecule has 0 radical (unpaired) electrons. The van der Waals surface area contributed by atoms with Gasteiger partial charge < -0.3 is 4.90 Å². The molecule has 23 heavy (non-hydrogen) atoms. The lowest BCUT2D eigenvalue weighted by molar-refractivity contribution is 0.0671. The Hall–Kier alpha value is -1.47. The zero-order valence-electron chi connectivity index (χ0n) is 13.5. The van der Waals surface area contributed by atoms with Crippen LogP contribution in [-0.4, -0.2) is 44.1 Å². The first-order valence-electron chi connectivity index (χ1n) is 7.83. The van der Waals surface area contributed by atoms with Gasteiger partial charge in [-0.1, -0.05) is 12.1 Å². The second kappa shape index (κ2) is 7.40. The fraction of sp³-hybridized carbons (Fsp3) is 0.562. The van der Waals surface area contributed by atoms with Gasteiger partial charge >= 0.3 is 0 Å². The summed E-state index contributed by atoms with van der Waals surface area (Å²) in [5.74, 6) is -0.812. The number of piperidine rings is 1. The van der Waals surface area contributed by atoms with E-state index in [0.29, 0.717) is 19.6 Å². The number of rotatable bonds is 5. The highest BCUT2D eigenvalue weighted by Crippen LogP contribution is 2.19. The average Bonchev–Trinajstić information content (AvgIpc) is 2.53. The van der Waals surface area contributed by atoms with E-state index in [4.69, 9.17) is 0 Å². The maximum absolute atomic E-state index is 13.7. The van der Waals surface area contributed by atoms with E-state index in [1.165, 1.54) is 12.1 Å². The zero-order chi connectivity index (χ0) is 17.0. The molecule has 0 saturated carbocycles. The number of carbonyl (C=O) groups is 1. The summed E-state index contributed by atoms with van der Waals surface area (Å²) >= 11 is 0. The van der Waals surface area contributed by atoms with E-state index in [2.05, 4.69) is 4.72 Å². The van der Waals surface area contributed by atoms with Crippen molar-refractivity contribution in [2.24, 2.45) is 5.92 Å². The molecule has 1 aliphatic heterocycles. The Kier molecular flexibility index (Phi) is 5.75. The molecule has 1 aromatic rings. The number of halogens is 1. The van der Waals surface area contributed by atoms with Gasteiger partial charge in [-0.05, 0) is 44.7 Å². The van der Waals surface area contributed by atoms with Crippen LogP contribution in [0.5, 0.6) is 0 Å². The van der Waals surface area contributed by atoms with E-state index < -0.39 is 21.1 Å². The first kappa shape index (κ1) is 17.9. The van der Waals surface area contributed by atoms with Crippen molar-refractivity contribution in [1.82, 2.24) is 9.62 Å². The lowest BCUT2D eigenvalue weighted by atomic mass is 9.97. The first-order chi connectivity index (χ1) is 10.8. The van der Waals surface area contributed by atoms with E-state index in [0.717, 1.165) is 12.8 Å².